The average molecular weight is 1470 g/mol. The van der Waals surface area contributed by atoms with Gasteiger partial charge in [0.15, 0.2) is 23.4 Å². The Bertz CT molecular complexity index is 3580. The molecule has 0 spiro atoms. The second kappa shape index (κ2) is 44.9. The van der Waals surface area contributed by atoms with E-state index in [0.29, 0.717) is 116 Å². The maximum absolute atomic E-state index is 13.1. The molecule has 101 heavy (non-hydrogen) atoms. The molecule has 0 radical (unpaired) electrons. The molecule has 4 aliphatic rings. The molecule has 33 heteroatoms. The molecule has 4 aliphatic heterocycles. The molecule has 0 saturated carbocycles. The topological polar surface area (TPSA) is 405 Å². The van der Waals surface area contributed by atoms with Gasteiger partial charge < -0.3 is 73.3 Å². The number of aromatic carboxylic acids is 1. The first-order valence-electron chi connectivity index (χ1n) is 32.2. The predicted molar refractivity (Wildman–Crippen MR) is 373 cm³/mol. The number of aliphatic hydroxyl groups excluding tert-OH is 2. The van der Waals surface area contributed by atoms with Gasteiger partial charge in [0, 0.05) is 122 Å². The van der Waals surface area contributed by atoms with Gasteiger partial charge in [-0.2, -0.15) is 0 Å². The molecule has 4 saturated heterocycles. The number of rotatable bonds is 22. The fraction of sp³-hybridized carbons (Fsp3) is 0.471. The number of esters is 2. The summed E-state index contributed by atoms with van der Waals surface area (Å²) in [7, 11) is 7.10. The van der Waals surface area contributed by atoms with Gasteiger partial charge >= 0.3 is 25.0 Å². The van der Waals surface area contributed by atoms with Gasteiger partial charge in [-0.3, -0.25) is 34.3 Å². The Morgan fingerprint density at radius 2 is 1.08 bits per heavy atom. The number of aromatic hydroxyl groups is 1. The number of hydrogen-bond acceptors (Lipinski definition) is 28. The van der Waals surface area contributed by atoms with Crippen molar-refractivity contribution >= 4 is 65.1 Å². The number of amides is 2. The van der Waals surface area contributed by atoms with Gasteiger partial charge in [-0.25, -0.2) is 44.3 Å². The highest BCUT2D eigenvalue weighted by atomic mass is 79.9. The van der Waals surface area contributed by atoms with Crippen molar-refractivity contribution in [2.75, 3.05) is 94.8 Å². The summed E-state index contributed by atoms with van der Waals surface area (Å²) in [5.74, 6) is -0.533. The van der Waals surface area contributed by atoms with Gasteiger partial charge in [0.05, 0.1) is 98.9 Å². The van der Waals surface area contributed by atoms with Gasteiger partial charge in [0.1, 0.15) is 34.1 Å². The second-order valence-corrected chi connectivity index (χ2v) is 23.7. The summed E-state index contributed by atoms with van der Waals surface area (Å²) < 4.78 is 41.2. The lowest BCUT2D eigenvalue weighted by molar-refractivity contribution is 0.00578. The molecule has 5 N–H and O–H groups in total. The zero-order valence-corrected chi connectivity index (χ0v) is 60.0. The van der Waals surface area contributed by atoms with Crippen molar-refractivity contribution in [3.8, 4) is 11.5 Å². The van der Waals surface area contributed by atoms with Crippen LogP contribution in [0.15, 0.2) is 104 Å². The third-order valence-electron chi connectivity index (χ3n) is 15.8. The van der Waals surface area contributed by atoms with Crippen LogP contribution >= 0.6 is 15.9 Å². The number of hydrogen-bond donors (Lipinski definition) is 5. The van der Waals surface area contributed by atoms with E-state index in [9.17, 15) is 39.0 Å². The number of aldehydes is 1. The number of likely N-dealkylation sites (tertiary alicyclic amines) is 2. The number of nitrogens with zero attached hydrogens (tertiary/aromatic N) is 12. The standard InChI is InChI=1S/C20H23N3O5.C13H19N3O3.C8H15BO2.C8H10N2O3.C8H8N2O2.C6H5BrN2O2.C5H11NO/c1-27-11-7-16-19(22-9-8-21-16)20(26)23-10-3-4-14(23)13-28-18-6-2-5-17(25)15(18)12-24;1-19-8-4-11-12(15-6-5-14-11)13(18)16-7-2-3-10(16)9-17;1-6-9-10-7(2,3)8(4,5)11-9;1-13-5-2-6-7(8(11)12)10-4-3-9-6;1-3-6-7(8(11)12-2)10-5-4-9-6;1-11-6(10)4-5(7)9-3-2-8-4;7-4-5-2-1-3-6-5/h2,5-6,8-9,12,14,25H,3-4,7,10-11,13H2,1H3;5-6,10,17H,2-4,7-9H2,1H3;6H,1H2,2-5H3;3-4H,2,5H2,1H3,(H,11,12);3-5H,1H2,2H3;2-3H,1H3;5-7H,1-4H2/t14-;10-;;;;;5-/m00....0/s1. The summed E-state index contributed by atoms with van der Waals surface area (Å²) in [6, 6.07) is 4.82. The number of phenolic OH excluding ortho intramolecular Hbond substituents is 1. The van der Waals surface area contributed by atoms with E-state index in [2.05, 4.69) is 93.7 Å². The smallest absolute Gasteiger partial charge is 0.486 e. The average Bonchev–Trinajstić information content (AvgIpc) is 1.67. The number of benzene rings is 1. The number of methoxy groups -OCH3 is 5. The van der Waals surface area contributed by atoms with Gasteiger partial charge in [0.25, 0.3) is 11.8 Å². The van der Waals surface area contributed by atoms with Crippen LogP contribution in [0.2, 0.25) is 0 Å². The summed E-state index contributed by atoms with van der Waals surface area (Å²) in [6.45, 7) is 19.5. The number of ether oxygens (including phenoxy) is 6. The molecular formula is C68H91BBrN13O18. The molecule has 10 rings (SSSR count). The number of aliphatic hydroxyl groups is 2. The van der Waals surface area contributed by atoms with E-state index in [0.717, 1.165) is 38.6 Å². The fourth-order valence-corrected chi connectivity index (χ4v) is 10.2. The minimum absolute atomic E-state index is 0.000417. The Morgan fingerprint density at radius 1 is 0.624 bits per heavy atom. The van der Waals surface area contributed by atoms with Crippen LogP contribution in [0.3, 0.4) is 0 Å². The molecule has 31 nitrogen and oxygen atoms in total. The first-order valence-corrected chi connectivity index (χ1v) is 33.0. The van der Waals surface area contributed by atoms with Crippen molar-refractivity contribution in [3.05, 3.63) is 161 Å². The van der Waals surface area contributed by atoms with Crippen LogP contribution in [0.4, 0.5) is 0 Å². The lowest BCUT2D eigenvalue weighted by Gasteiger charge is -2.32. The number of aromatic nitrogens is 10. The minimum atomic E-state index is -1.06. The largest absolute Gasteiger partial charge is 0.507 e. The molecule has 6 aromatic rings. The van der Waals surface area contributed by atoms with Crippen molar-refractivity contribution < 1.29 is 86.9 Å². The Balaban J connectivity index is 0.000000261. The number of carbonyl (C=O) groups is 6. The summed E-state index contributed by atoms with van der Waals surface area (Å²) in [4.78, 5) is 112. The Hall–Kier alpha value is -9.06. The first-order chi connectivity index (χ1) is 48.5. The van der Waals surface area contributed by atoms with Crippen LogP contribution < -0.4 is 10.1 Å². The van der Waals surface area contributed by atoms with Crippen molar-refractivity contribution in [3.63, 3.8) is 0 Å². The van der Waals surface area contributed by atoms with Crippen LogP contribution in [-0.4, -0.2) is 247 Å². The van der Waals surface area contributed by atoms with E-state index in [1.165, 1.54) is 82.4 Å². The zero-order chi connectivity index (χ0) is 74.3. The molecule has 0 unspecified atom stereocenters. The molecule has 0 aliphatic carbocycles. The molecule has 3 atom stereocenters. The molecule has 9 heterocycles. The van der Waals surface area contributed by atoms with Crippen molar-refractivity contribution in [1.29, 1.82) is 0 Å². The maximum Gasteiger partial charge on any atom is 0.486 e. The SMILES string of the molecule is C=CB1OC(C)(C)C(C)(C)O1.C=Cc1nccnc1C(=O)OC.COC(=O)c1nccnc1Br.COCCc1nccnc1C(=O)N1CCC[C@H]1CO.COCCc1nccnc1C(=O)N1CCC[C@H]1COc1cccc(O)c1C=O.COCCc1nccnc1C(=O)O.OC[C@@H]1CCCN1. The van der Waals surface area contributed by atoms with Crippen LogP contribution in [0.1, 0.15) is 152 Å². The fourth-order valence-electron chi connectivity index (χ4n) is 9.79. The third kappa shape index (κ3) is 26.4. The molecular weight excluding hydrogens is 1380 g/mol. The number of halogens is 1. The second-order valence-electron chi connectivity index (χ2n) is 23.0. The molecule has 4 fully saturated rings. The van der Waals surface area contributed by atoms with Crippen LogP contribution in [-0.2, 0) is 52.3 Å². The molecule has 2 amide bonds. The highest BCUT2D eigenvalue weighted by Gasteiger charge is 2.50. The highest BCUT2D eigenvalue weighted by molar-refractivity contribution is 9.10. The monoisotopic (exact) mass is 1470 g/mol. The van der Waals surface area contributed by atoms with E-state index in [1.807, 2.05) is 27.7 Å². The molecule has 546 valence electrons. The molecule has 0 bridgehead atoms. The van der Waals surface area contributed by atoms with Gasteiger partial charge in [0.2, 0.25) is 0 Å². The third-order valence-corrected chi connectivity index (χ3v) is 16.4. The van der Waals surface area contributed by atoms with E-state index in [-0.39, 0.29) is 83.8 Å². The van der Waals surface area contributed by atoms with Crippen LogP contribution in [0.25, 0.3) is 6.08 Å². The number of carboxylic acid groups (broad SMARTS) is 1. The number of phenols is 1. The Morgan fingerprint density at radius 3 is 1.50 bits per heavy atom. The van der Waals surface area contributed by atoms with E-state index >= 15 is 0 Å². The van der Waals surface area contributed by atoms with Crippen LogP contribution in [0.5, 0.6) is 11.5 Å². The molecule has 5 aromatic heterocycles. The van der Waals surface area contributed by atoms with Gasteiger partial charge in [-0.05, 0) is 107 Å². The summed E-state index contributed by atoms with van der Waals surface area (Å²) in [5.41, 5.74) is 2.88. The van der Waals surface area contributed by atoms with E-state index in [4.69, 9.17) is 38.5 Å². The lowest BCUT2D eigenvalue weighted by Crippen LogP contribution is -2.41. The van der Waals surface area contributed by atoms with Gasteiger partial charge in [-0.1, -0.05) is 18.6 Å². The van der Waals surface area contributed by atoms with Crippen molar-refractivity contribution in [1.82, 2.24) is 65.0 Å². The summed E-state index contributed by atoms with van der Waals surface area (Å²) >= 11 is 3.06. The highest BCUT2D eigenvalue weighted by Crippen LogP contribution is 2.37. The Kier molecular flexibility index (Phi) is 37.5. The number of carboxylic acids is 1. The van der Waals surface area contributed by atoms with Gasteiger partial charge in [-0.15, -0.1) is 6.58 Å². The number of nitrogens with one attached hydrogen (secondary N) is 1. The minimum Gasteiger partial charge on any atom is -0.507 e. The van der Waals surface area contributed by atoms with Crippen molar-refractivity contribution in [2.24, 2.45) is 0 Å². The number of carbonyl (C=O) groups excluding carboxylic acids is 5. The van der Waals surface area contributed by atoms with Crippen molar-refractivity contribution in [2.45, 2.75) is 115 Å². The predicted octanol–water partition coefficient (Wildman–Crippen LogP) is 5.96. The summed E-state index contributed by atoms with van der Waals surface area (Å²) in [5, 5.41) is 39.4. The van der Waals surface area contributed by atoms with E-state index < -0.39 is 17.9 Å². The first kappa shape index (κ1) is 84.4. The van der Waals surface area contributed by atoms with Crippen LogP contribution in [0, 0.1) is 0 Å². The van der Waals surface area contributed by atoms with E-state index in [1.54, 1.807) is 61.6 Å². The Labute approximate surface area is 596 Å². The normalized spacial score (nSPS) is 16.5. The lowest BCUT2D eigenvalue weighted by atomic mass is 9.90. The molecule has 1 aromatic carbocycles. The summed E-state index contributed by atoms with van der Waals surface area (Å²) in [6.07, 6.45) is 24.2. The quantitative estimate of drug-likeness (QED) is 0.0297. The zero-order valence-electron chi connectivity index (χ0n) is 58.4. The maximum atomic E-state index is 13.1.